The lowest BCUT2D eigenvalue weighted by Crippen LogP contribution is -2.01. The largest absolute Gasteiger partial charge is 0.465 e. The van der Waals surface area contributed by atoms with Gasteiger partial charge in [-0.15, -0.1) is 0 Å². The smallest absolute Gasteiger partial charge is 0.337 e. The van der Waals surface area contributed by atoms with Gasteiger partial charge in [0.15, 0.2) is 0 Å². The lowest BCUT2D eigenvalue weighted by molar-refractivity contribution is -0.385. The van der Waals surface area contributed by atoms with E-state index in [0.29, 0.717) is 22.9 Å². The third kappa shape index (κ3) is 4.21. The maximum absolute atomic E-state index is 11.6. The molecule has 9 nitrogen and oxygen atoms in total. The van der Waals surface area contributed by atoms with Crippen molar-refractivity contribution in [2.24, 2.45) is 5.10 Å². The summed E-state index contributed by atoms with van der Waals surface area (Å²) < 4.78 is 10.5. The van der Waals surface area contributed by atoms with E-state index in [1.807, 2.05) is 6.92 Å². The zero-order valence-electron chi connectivity index (χ0n) is 15.1. The van der Waals surface area contributed by atoms with E-state index in [9.17, 15) is 14.9 Å². The van der Waals surface area contributed by atoms with Crippen molar-refractivity contribution in [2.45, 2.75) is 6.92 Å². The first kappa shape index (κ1) is 18.8. The first-order valence-corrected chi connectivity index (χ1v) is 8.16. The van der Waals surface area contributed by atoms with E-state index in [2.05, 4.69) is 15.5 Å². The number of benzene rings is 1. The Morgan fingerprint density at radius 1 is 1.29 bits per heavy atom. The molecule has 0 unspecified atom stereocenters. The summed E-state index contributed by atoms with van der Waals surface area (Å²) in [6.07, 6.45) is 2.61. The Kier molecular flexibility index (Phi) is 5.45. The standard InChI is InChI=1S/C19H16N4O5/c1-12-9-13(19(24)27-2)3-6-16(12)17-7-5-15(28-17)11-21-22-18-8-4-14(10-20-18)23(25)26/h3-11H,1-2H3,(H,20,22)/b21-11+. The number of anilines is 1. The van der Waals surface area contributed by atoms with Crippen LogP contribution < -0.4 is 5.43 Å². The summed E-state index contributed by atoms with van der Waals surface area (Å²) >= 11 is 0. The Balaban J connectivity index is 1.69. The Hall–Kier alpha value is -4.01. The van der Waals surface area contributed by atoms with Crippen LogP contribution in [-0.4, -0.2) is 29.2 Å². The number of aryl methyl sites for hydroxylation is 1. The number of nitrogens with zero attached hydrogens (tertiary/aromatic N) is 3. The summed E-state index contributed by atoms with van der Waals surface area (Å²) in [5, 5.41) is 14.6. The molecule has 0 aliphatic rings. The Morgan fingerprint density at radius 2 is 2.11 bits per heavy atom. The quantitative estimate of drug-likeness (QED) is 0.299. The van der Waals surface area contributed by atoms with Gasteiger partial charge in [0.1, 0.15) is 23.5 Å². The SMILES string of the molecule is COC(=O)c1ccc(-c2ccc(/C=N/Nc3ccc([N+](=O)[O-])cn3)o2)c(C)c1. The van der Waals surface area contributed by atoms with Crippen molar-refractivity contribution < 1.29 is 18.9 Å². The highest BCUT2D eigenvalue weighted by Gasteiger charge is 2.11. The highest BCUT2D eigenvalue weighted by Crippen LogP contribution is 2.26. The van der Waals surface area contributed by atoms with Crippen LogP contribution in [0.1, 0.15) is 21.7 Å². The normalized spacial score (nSPS) is 10.8. The maximum atomic E-state index is 11.6. The van der Waals surface area contributed by atoms with E-state index >= 15 is 0 Å². The third-order valence-electron chi connectivity index (χ3n) is 3.87. The Labute approximate surface area is 159 Å². The van der Waals surface area contributed by atoms with Crippen molar-refractivity contribution in [2.75, 3.05) is 12.5 Å². The van der Waals surface area contributed by atoms with Crippen LogP contribution in [0.2, 0.25) is 0 Å². The number of aromatic nitrogens is 1. The van der Waals surface area contributed by atoms with Gasteiger partial charge in [-0.2, -0.15) is 5.10 Å². The maximum Gasteiger partial charge on any atom is 0.337 e. The van der Waals surface area contributed by atoms with Gasteiger partial charge in [-0.3, -0.25) is 15.5 Å². The summed E-state index contributed by atoms with van der Waals surface area (Å²) in [4.78, 5) is 25.6. The van der Waals surface area contributed by atoms with Gasteiger partial charge >= 0.3 is 5.97 Å². The fraction of sp³-hybridized carbons (Fsp3) is 0.105. The minimum atomic E-state index is -0.524. The van der Waals surface area contributed by atoms with Crippen LogP contribution in [0.4, 0.5) is 11.5 Å². The fourth-order valence-corrected chi connectivity index (χ4v) is 2.47. The van der Waals surface area contributed by atoms with Crippen LogP contribution in [-0.2, 0) is 4.74 Å². The second-order valence-corrected chi connectivity index (χ2v) is 5.75. The summed E-state index contributed by atoms with van der Waals surface area (Å²) in [6.45, 7) is 1.87. The molecule has 1 N–H and O–H groups in total. The van der Waals surface area contributed by atoms with Gasteiger partial charge in [0.05, 0.1) is 23.8 Å². The number of hydrogen-bond donors (Lipinski definition) is 1. The van der Waals surface area contributed by atoms with E-state index in [1.165, 1.54) is 25.5 Å². The van der Waals surface area contributed by atoms with Gasteiger partial charge in [0.2, 0.25) is 0 Å². The van der Waals surface area contributed by atoms with Crippen molar-refractivity contribution in [1.29, 1.82) is 0 Å². The molecule has 3 rings (SSSR count). The highest BCUT2D eigenvalue weighted by atomic mass is 16.6. The third-order valence-corrected chi connectivity index (χ3v) is 3.87. The average molecular weight is 380 g/mol. The molecule has 0 fully saturated rings. The van der Waals surface area contributed by atoms with Crippen LogP contribution in [0.5, 0.6) is 0 Å². The first-order chi connectivity index (χ1) is 13.5. The Bertz CT molecular complexity index is 1040. The number of rotatable bonds is 6. The lowest BCUT2D eigenvalue weighted by Gasteiger charge is -2.05. The number of hydrogen-bond acceptors (Lipinski definition) is 8. The average Bonchev–Trinajstić information content (AvgIpc) is 3.16. The molecule has 142 valence electrons. The summed E-state index contributed by atoms with van der Waals surface area (Å²) in [5.74, 6) is 1.10. The number of methoxy groups -OCH3 is 1. The van der Waals surface area contributed by atoms with E-state index in [0.717, 1.165) is 17.3 Å². The van der Waals surface area contributed by atoms with Gasteiger partial charge in [-0.25, -0.2) is 9.78 Å². The minimum absolute atomic E-state index is 0.0983. The molecule has 0 saturated heterocycles. The van der Waals surface area contributed by atoms with E-state index < -0.39 is 10.9 Å². The first-order valence-electron chi connectivity index (χ1n) is 8.16. The van der Waals surface area contributed by atoms with E-state index in [-0.39, 0.29) is 5.69 Å². The summed E-state index contributed by atoms with van der Waals surface area (Å²) in [5.41, 5.74) is 4.76. The van der Waals surface area contributed by atoms with Crippen molar-refractivity contribution in [3.63, 3.8) is 0 Å². The van der Waals surface area contributed by atoms with Crippen molar-refractivity contribution in [1.82, 2.24) is 4.98 Å². The number of hydrazone groups is 1. The highest BCUT2D eigenvalue weighted by molar-refractivity contribution is 5.90. The molecule has 0 amide bonds. The number of ether oxygens (including phenoxy) is 1. The van der Waals surface area contributed by atoms with Gasteiger partial charge < -0.3 is 9.15 Å². The molecule has 0 bridgehead atoms. The molecule has 3 aromatic rings. The molecule has 0 spiro atoms. The molecule has 0 atom stereocenters. The van der Waals surface area contributed by atoms with E-state index in [4.69, 9.17) is 9.15 Å². The van der Waals surface area contributed by atoms with Crippen LogP contribution in [0.15, 0.2) is 58.2 Å². The molecule has 0 radical (unpaired) electrons. The molecular weight excluding hydrogens is 364 g/mol. The van der Waals surface area contributed by atoms with Crippen LogP contribution >= 0.6 is 0 Å². The second kappa shape index (κ2) is 8.12. The molecule has 0 aliphatic heterocycles. The topological polar surface area (TPSA) is 120 Å². The van der Waals surface area contributed by atoms with Gasteiger partial charge in [-0.05, 0) is 42.8 Å². The van der Waals surface area contributed by atoms with Gasteiger partial charge in [0, 0.05) is 11.6 Å². The van der Waals surface area contributed by atoms with Crippen LogP contribution in [0, 0.1) is 17.0 Å². The Morgan fingerprint density at radius 3 is 2.75 bits per heavy atom. The molecular formula is C19H16N4O5. The van der Waals surface area contributed by atoms with Crippen molar-refractivity contribution in [3.8, 4) is 11.3 Å². The molecule has 28 heavy (non-hydrogen) atoms. The zero-order chi connectivity index (χ0) is 20.1. The fourth-order valence-electron chi connectivity index (χ4n) is 2.47. The number of nitrogens with one attached hydrogen (secondary N) is 1. The molecule has 0 aliphatic carbocycles. The second-order valence-electron chi connectivity index (χ2n) is 5.75. The predicted molar refractivity (Wildman–Crippen MR) is 102 cm³/mol. The summed E-state index contributed by atoms with van der Waals surface area (Å²) in [7, 11) is 1.34. The predicted octanol–water partition coefficient (Wildman–Crippen LogP) is 3.79. The van der Waals surface area contributed by atoms with E-state index in [1.54, 1.807) is 30.3 Å². The molecule has 1 aromatic carbocycles. The number of furan rings is 1. The van der Waals surface area contributed by atoms with Crippen molar-refractivity contribution >= 4 is 23.7 Å². The monoisotopic (exact) mass is 380 g/mol. The van der Waals surface area contributed by atoms with Gasteiger partial charge in [-0.1, -0.05) is 6.07 Å². The van der Waals surface area contributed by atoms with Crippen molar-refractivity contribution in [3.05, 3.63) is 75.7 Å². The molecule has 0 saturated carbocycles. The molecule has 2 heterocycles. The number of carbonyl (C=O) groups excluding carboxylic acids is 1. The number of nitro groups is 1. The molecule has 2 aromatic heterocycles. The number of esters is 1. The van der Waals surface area contributed by atoms with Crippen LogP contribution in [0.25, 0.3) is 11.3 Å². The minimum Gasteiger partial charge on any atom is -0.465 e. The molecule has 9 heteroatoms. The van der Waals surface area contributed by atoms with Crippen LogP contribution in [0.3, 0.4) is 0 Å². The number of pyridine rings is 1. The zero-order valence-corrected chi connectivity index (χ0v) is 15.1. The van der Waals surface area contributed by atoms with Gasteiger partial charge in [0.25, 0.3) is 5.69 Å². The number of carbonyl (C=O) groups is 1. The summed E-state index contributed by atoms with van der Waals surface area (Å²) in [6, 6.07) is 11.5. The lowest BCUT2D eigenvalue weighted by atomic mass is 10.0.